The van der Waals surface area contributed by atoms with Gasteiger partial charge in [0.2, 0.25) is 0 Å². The van der Waals surface area contributed by atoms with Gasteiger partial charge in [-0.2, -0.15) is 0 Å². The molecule has 1 aliphatic heterocycles. The van der Waals surface area contributed by atoms with Gasteiger partial charge in [0.1, 0.15) is 5.82 Å². The maximum absolute atomic E-state index is 13.7. The minimum atomic E-state index is -0.759. The molecule has 1 aromatic rings. The minimum Gasteiger partial charge on any atom is -0.387 e. The van der Waals surface area contributed by atoms with Crippen LogP contribution in [-0.4, -0.2) is 54.2 Å². The highest BCUT2D eigenvalue weighted by molar-refractivity contribution is 5.20. The maximum Gasteiger partial charge on any atom is 0.129 e. The van der Waals surface area contributed by atoms with Gasteiger partial charge in [0.05, 0.1) is 6.10 Å². The summed E-state index contributed by atoms with van der Waals surface area (Å²) in [6.07, 6.45) is 2.69. The molecule has 1 fully saturated rings. The van der Waals surface area contributed by atoms with Gasteiger partial charge < -0.3 is 14.9 Å². The average molecular weight is 294 g/mol. The Kier molecular flexibility index (Phi) is 6.15. The molecule has 0 radical (unpaired) electrons. The van der Waals surface area contributed by atoms with E-state index in [1.54, 1.807) is 18.2 Å². The van der Waals surface area contributed by atoms with E-state index in [1.165, 1.54) is 19.0 Å². The minimum absolute atomic E-state index is 0.323. The summed E-state index contributed by atoms with van der Waals surface area (Å²) in [5.41, 5.74) is 0.396. The second-order valence-corrected chi connectivity index (χ2v) is 6.05. The first kappa shape index (κ1) is 16.4. The fraction of sp³-hybridized carbons (Fsp3) is 0.647. The van der Waals surface area contributed by atoms with Gasteiger partial charge in [0.15, 0.2) is 0 Å². The summed E-state index contributed by atoms with van der Waals surface area (Å²) in [5, 5.41) is 10.2. The fourth-order valence-corrected chi connectivity index (χ4v) is 3.17. The van der Waals surface area contributed by atoms with Crippen LogP contribution in [0.5, 0.6) is 0 Å². The van der Waals surface area contributed by atoms with Crippen LogP contribution in [0.2, 0.25) is 0 Å². The van der Waals surface area contributed by atoms with Crippen molar-refractivity contribution in [2.75, 3.05) is 33.2 Å². The van der Waals surface area contributed by atoms with Crippen molar-refractivity contribution in [3.63, 3.8) is 0 Å². The Balaban J connectivity index is 1.84. The number of rotatable bonds is 6. The van der Waals surface area contributed by atoms with Crippen molar-refractivity contribution in [2.45, 2.75) is 38.3 Å². The number of halogens is 1. The van der Waals surface area contributed by atoms with E-state index >= 15 is 0 Å². The van der Waals surface area contributed by atoms with Crippen LogP contribution in [0, 0.1) is 5.82 Å². The number of likely N-dealkylation sites (tertiary alicyclic amines) is 1. The molecule has 0 bridgehead atoms. The van der Waals surface area contributed by atoms with E-state index in [-0.39, 0.29) is 5.82 Å². The lowest BCUT2D eigenvalue weighted by atomic mass is 10.0. The van der Waals surface area contributed by atoms with Crippen LogP contribution in [0.1, 0.15) is 37.9 Å². The predicted molar refractivity (Wildman–Crippen MR) is 83.7 cm³/mol. The molecule has 1 unspecified atom stereocenters. The molecular weight excluding hydrogens is 267 g/mol. The van der Waals surface area contributed by atoms with Gasteiger partial charge in [-0.25, -0.2) is 4.39 Å². The molecule has 1 aliphatic rings. The van der Waals surface area contributed by atoms with Crippen LogP contribution < -0.4 is 0 Å². The molecule has 0 amide bonds. The van der Waals surface area contributed by atoms with Crippen molar-refractivity contribution in [1.82, 2.24) is 9.80 Å². The second-order valence-electron chi connectivity index (χ2n) is 6.05. The third-order valence-electron chi connectivity index (χ3n) is 4.45. The summed E-state index contributed by atoms with van der Waals surface area (Å²) >= 11 is 0. The van der Waals surface area contributed by atoms with Gasteiger partial charge in [-0.1, -0.05) is 25.1 Å². The largest absolute Gasteiger partial charge is 0.387 e. The molecule has 1 atom stereocenters. The summed E-state index contributed by atoms with van der Waals surface area (Å²) in [4.78, 5) is 4.68. The van der Waals surface area contributed by atoms with Gasteiger partial charge >= 0.3 is 0 Å². The summed E-state index contributed by atoms with van der Waals surface area (Å²) in [7, 11) is 2.03. The molecule has 2 rings (SSSR count). The molecule has 1 aromatic carbocycles. The van der Waals surface area contributed by atoms with Crippen molar-refractivity contribution in [1.29, 1.82) is 0 Å². The highest BCUT2D eigenvalue weighted by atomic mass is 19.1. The SMILES string of the molecule is CCCN1CCC(N(C)CC(O)c2ccccc2F)CC1. The second kappa shape index (κ2) is 7.87. The van der Waals surface area contributed by atoms with E-state index in [1.807, 2.05) is 7.05 Å². The Morgan fingerprint density at radius 3 is 2.62 bits per heavy atom. The summed E-state index contributed by atoms with van der Waals surface area (Å²) in [6, 6.07) is 6.97. The number of aliphatic hydroxyl groups is 1. The van der Waals surface area contributed by atoms with Crippen LogP contribution >= 0.6 is 0 Å². The third-order valence-corrected chi connectivity index (χ3v) is 4.45. The van der Waals surface area contributed by atoms with Gasteiger partial charge in [0, 0.05) is 18.2 Å². The summed E-state index contributed by atoms with van der Waals surface area (Å²) in [6.45, 7) is 6.12. The third kappa shape index (κ3) is 4.50. The number of hydrogen-bond donors (Lipinski definition) is 1. The predicted octanol–water partition coefficient (Wildman–Crippen LogP) is 2.67. The van der Waals surface area contributed by atoms with Gasteiger partial charge in [-0.05, 0) is 52.0 Å². The molecular formula is C17H27FN2O. The molecule has 1 N–H and O–H groups in total. The quantitative estimate of drug-likeness (QED) is 0.874. The highest BCUT2D eigenvalue weighted by Gasteiger charge is 2.24. The topological polar surface area (TPSA) is 26.7 Å². The molecule has 1 saturated heterocycles. The fourth-order valence-electron chi connectivity index (χ4n) is 3.17. The number of nitrogens with zero attached hydrogens (tertiary/aromatic N) is 2. The number of hydrogen-bond acceptors (Lipinski definition) is 3. The number of likely N-dealkylation sites (N-methyl/N-ethyl adjacent to an activating group) is 1. The molecule has 1 heterocycles. The lowest BCUT2D eigenvalue weighted by molar-refractivity contribution is 0.0720. The first-order valence-electron chi connectivity index (χ1n) is 7.97. The number of aliphatic hydroxyl groups excluding tert-OH is 1. The highest BCUT2D eigenvalue weighted by Crippen LogP contribution is 2.21. The molecule has 0 aromatic heterocycles. The average Bonchev–Trinajstić information content (AvgIpc) is 2.48. The Labute approximate surface area is 127 Å². The number of benzene rings is 1. The van der Waals surface area contributed by atoms with Crippen molar-refractivity contribution in [2.24, 2.45) is 0 Å². The molecule has 4 heteroatoms. The Hall–Kier alpha value is -0.970. The monoisotopic (exact) mass is 294 g/mol. The summed E-state index contributed by atoms with van der Waals surface area (Å²) < 4.78 is 13.7. The Bertz CT molecular complexity index is 433. The van der Waals surface area contributed by atoms with Crippen LogP contribution in [0.4, 0.5) is 4.39 Å². The van der Waals surface area contributed by atoms with E-state index in [4.69, 9.17) is 0 Å². The van der Waals surface area contributed by atoms with Gasteiger partial charge in [-0.15, -0.1) is 0 Å². The first-order valence-corrected chi connectivity index (χ1v) is 7.97. The molecule has 118 valence electrons. The molecule has 3 nitrogen and oxygen atoms in total. The van der Waals surface area contributed by atoms with E-state index in [0.717, 1.165) is 25.9 Å². The van der Waals surface area contributed by atoms with Crippen LogP contribution in [-0.2, 0) is 0 Å². The Morgan fingerprint density at radius 2 is 2.00 bits per heavy atom. The Morgan fingerprint density at radius 1 is 1.33 bits per heavy atom. The molecule has 0 spiro atoms. The van der Waals surface area contributed by atoms with Crippen LogP contribution in [0.25, 0.3) is 0 Å². The van der Waals surface area contributed by atoms with Crippen molar-refractivity contribution in [3.8, 4) is 0 Å². The van der Waals surface area contributed by atoms with Crippen LogP contribution in [0.3, 0.4) is 0 Å². The standard InChI is InChI=1S/C17H27FN2O/c1-3-10-20-11-8-14(9-12-20)19(2)13-17(21)15-6-4-5-7-16(15)18/h4-7,14,17,21H,3,8-13H2,1-2H3. The van der Waals surface area contributed by atoms with E-state index in [0.29, 0.717) is 18.2 Å². The van der Waals surface area contributed by atoms with Crippen molar-refractivity contribution < 1.29 is 9.50 Å². The van der Waals surface area contributed by atoms with E-state index in [2.05, 4.69) is 16.7 Å². The van der Waals surface area contributed by atoms with Crippen molar-refractivity contribution >= 4 is 0 Å². The molecule has 0 aliphatic carbocycles. The van der Waals surface area contributed by atoms with Gasteiger partial charge in [-0.3, -0.25) is 0 Å². The van der Waals surface area contributed by atoms with E-state index in [9.17, 15) is 9.50 Å². The zero-order valence-corrected chi connectivity index (χ0v) is 13.1. The van der Waals surface area contributed by atoms with Gasteiger partial charge in [0.25, 0.3) is 0 Å². The van der Waals surface area contributed by atoms with Crippen LogP contribution in [0.15, 0.2) is 24.3 Å². The first-order chi connectivity index (χ1) is 10.1. The smallest absolute Gasteiger partial charge is 0.129 e. The van der Waals surface area contributed by atoms with Crippen molar-refractivity contribution in [3.05, 3.63) is 35.6 Å². The maximum atomic E-state index is 13.7. The molecule has 0 saturated carbocycles. The zero-order valence-electron chi connectivity index (χ0n) is 13.1. The summed E-state index contributed by atoms with van der Waals surface area (Å²) in [5.74, 6) is -0.323. The normalized spacial score (nSPS) is 19.1. The lowest BCUT2D eigenvalue weighted by Crippen LogP contribution is -2.44. The lowest BCUT2D eigenvalue weighted by Gasteiger charge is -2.37. The molecule has 21 heavy (non-hydrogen) atoms. The van der Waals surface area contributed by atoms with E-state index < -0.39 is 6.10 Å². The number of piperidine rings is 1. The zero-order chi connectivity index (χ0) is 15.2.